The summed E-state index contributed by atoms with van der Waals surface area (Å²) in [6, 6.07) is 0.587. The summed E-state index contributed by atoms with van der Waals surface area (Å²) in [5.41, 5.74) is 0. The van der Waals surface area contributed by atoms with Gasteiger partial charge in [-0.2, -0.15) is 0 Å². The summed E-state index contributed by atoms with van der Waals surface area (Å²) in [5.74, 6) is 0.720. The van der Waals surface area contributed by atoms with Gasteiger partial charge in [0.15, 0.2) is 0 Å². The van der Waals surface area contributed by atoms with Gasteiger partial charge in [-0.25, -0.2) is 0 Å². The molecule has 20 heavy (non-hydrogen) atoms. The van der Waals surface area contributed by atoms with Crippen molar-refractivity contribution in [3.8, 4) is 0 Å². The van der Waals surface area contributed by atoms with Crippen molar-refractivity contribution in [2.24, 2.45) is 5.92 Å². The van der Waals surface area contributed by atoms with Crippen LogP contribution in [0.5, 0.6) is 0 Å². The predicted molar refractivity (Wildman–Crippen MR) is 88.4 cm³/mol. The molecule has 4 heteroatoms. The second-order valence-electron chi connectivity index (χ2n) is 6.30. The fourth-order valence-electron chi connectivity index (χ4n) is 2.17. The van der Waals surface area contributed by atoms with Crippen LogP contribution in [0.4, 0.5) is 0 Å². The average molecular weight is 287 g/mol. The van der Waals surface area contributed by atoms with Gasteiger partial charge in [0.05, 0.1) is 0 Å². The minimum Gasteiger partial charge on any atom is -0.382 e. The van der Waals surface area contributed by atoms with Crippen LogP contribution >= 0.6 is 0 Å². The van der Waals surface area contributed by atoms with E-state index in [1.54, 1.807) is 0 Å². The predicted octanol–water partition coefficient (Wildman–Crippen LogP) is 1.91. The molecule has 0 saturated heterocycles. The molecule has 0 heterocycles. The van der Waals surface area contributed by atoms with Gasteiger partial charge < -0.3 is 15.0 Å². The lowest BCUT2D eigenvalue weighted by molar-refractivity contribution is 0.142. The Bertz CT molecular complexity index is 210. The molecule has 0 aliphatic carbocycles. The van der Waals surface area contributed by atoms with Crippen LogP contribution in [0.1, 0.15) is 34.1 Å². The highest BCUT2D eigenvalue weighted by Crippen LogP contribution is 2.04. The Morgan fingerprint density at radius 3 is 2.35 bits per heavy atom. The first-order valence-corrected chi connectivity index (χ1v) is 8.14. The first kappa shape index (κ1) is 19.8. The zero-order valence-electron chi connectivity index (χ0n) is 14.6. The SMILES string of the molecule is CCOCCCNCC(C)N(CCN(C)C)CC(C)C. The number of hydrogen-bond donors (Lipinski definition) is 1. The van der Waals surface area contributed by atoms with E-state index in [1.165, 1.54) is 6.54 Å². The molecule has 1 unspecified atom stereocenters. The molecule has 1 N–H and O–H groups in total. The van der Waals surface area contributed by atoms with E-state index in [0.29, 0.717) is 6.04 Å². The maximum absolute atomic E-state index is 5.35. The lowest BCUT2D eigenvalue weighted by atomic mass is 10.1. The fraction of sp³-hybridized carbons (Fsp3) is 1.00. The first-order chi connectivity index (χ1) is 9.47. The van der Waals surface area contributed by atoms with E-state index in [2.05, 4.69) is 50.0 Å². The van der Waals surface area contributed by atoms with Crippen molar-refractivity contribution in [1.82, 2.24) is 15.1 Å². The minimum atomic E-state index is 0.587. The molecule has 0 aliphatic heterocycles. The van der Waals surface area contributed by atoms with Crippen LogP contribution in [0.25, 0.3) is 0 Å². The Labute approximate surface area is 126 Å². The van der Waals surface area contributed by atoms with Crippen LogP contribution in [0, 0.1) is 5.92 Å². The molecule has 0 amide bonds. The molecule has 0 bridgehead atoms. The molecular weight excluding hydrogens is 250 g/mol. The van der Waals surface area contributed by atoms with Gasteiger partial charge >= 0.3 is 0 Å². The lowest BCUT2D eigenvalue weighted by Crippen LogP contribution is -2.45. The summed E-state index contributed by atoms with van der Waals surface area (Å²) in [4.78, 5) is 4.86. The molecular formula is C16H37N3O. The maximum Gasteiger partial charge on any atom is 0.0477 e. The van der Waals surface area contributed by atoms with Gasteiger partial charge in [-0.1, -0.05) is 13.8 Å². The van der Waals surface area contributed by atoms with Crippen molar-refractivity contribution < 1.29 is 4.74 Å². The monoisotopic (exact) mass is 287 g/mol. The third kappa shape index (κ3) is 11.6. The highest BCUT2D eigenvalue weighted by Gasteiger charge is 2.14. The third-order valence-corrected chi connectivity index (χ3v) is 3.34. The molecule has 0 aromatic rings. The van der Waals surface area contributed by atoms with Gasteiger partial charge in [0.2, 0.25) is 0 Å². The Kier molecular flexibility index (Phi) is 12.5. The molecule has 4 nitrogen and oxygen atoms in total. The van der Waals surface area contributed by atoms with Crippen LogP contribution in [-0.2, 0) is 4.74 Å². The fourth-order valence-corrected chi connectivity index (χ4v) is 2.17. The van der Waals surface area contributed by atoms with Gasteiger partial charge in [-0.3, -0.25) is 4.90 Å². The van der Waals surface area contributed by atoms with Crippen LogP contribution in [0.2, 0.25) is 0 Å². The number of hydrogen-bond acceptors (Lipinski definition) is 4. The first-order valence-electron chi connectivity index (χ1n) is 8.14. The van der Waals surface area contributed by atoms with Gasteiger partial charge in [-0.15, -0.1) is 0 Å². The zero-order valence-corrected chi connectivity index (χ0v) is 14.6. The van der Waals surface area contributed by atoms with Gasteiger partial charge in [-0.05, 0) is 46.8 Å². The van der Waals surface area contributed by atoms with Crippen LogP contribution < -0.4 is 5.32 Å². The summed E-state index contributed by atoms with van der Waals surface area (Å²) < 4.78 is 5.35. The Balaban J connectivity index is 3.90. The van der Waals surface area contributed by atoms with Gasteiger partial charge in [0.1, 0.15) is 0 Å². The second-order valence-corrected chi connectivity index (χ2v) is 6.30. The molecule has 1 atom stereocenters. The number of nitrogens with zero attached hydrogens (tertiary/aromatic N) is 2. The molecule has 0 aromatic carbocycles. The van der Waals surface area contributed by atoms with E-state index in [0.717, 1.165) is 51.7 Å². The second kappa shape index (κ2) is 12.6. The van der Waals surface area contributed by atoms with Crippen molar-refractivity contribution in [3.05, 3.63) is 0 Å². The van der Waals surface area contributed by atoms with Crippen molar-refractivity contribution in [3.63, 3.8) is 0 Å². The van der Waals surface area contributed by atoms with E-state index in [9.17, 15) is 0 Å². The molecule has 0 fully saturated rings. The number of rotatable bonds is 13. The number of likely N-dealkylation sites (N-methyl/N-ethyl adjacent to an activating group) is 1. The standard InChI is InChI=1S/C16H37N3O/c1-7-20-12-8-9-17-13-16(4)19(14-15(2)3)11-10-18(5)6/h15-17H,7-14H2,1-6H3. The van der Waals surface area contributed by atoms with Crippen LogP contribution in [-0.4, -0.2) is 75.9 Å². The van der Waals surface area contributed by atoms with Crippen molar-refractivity contribution >= 4 is 0 Å². The maximum atomic E-state index is 5.35. The zero-order chi connectivity index (χ0) is 15.4. The molecule has 0 aromatic heterocycles. The topological polar surface area (TPSA) is 27.7 Å². The van der Waals surface area contributed by atoms with E-state index in [-0.39, 0.29) is 0 Å². The molecule has 0 spiro atoms. The van der Waals surface area contributed by atoms with E-state index in [4.69, 9.17) is 4.74 Å². The van der Waals surface area contributed by atoms with Gasteiger partial charge in [0.25, 0.3) is 0 Å². The largest absolute Gasteiger partial charge is 0.382 e. The highest BCUT2D eigenvalue weighted by atomic mass is 16.5. The smallest absolute Gasteiger partial charge is 0.0477 e. The van der Waals surface area contributed by atoms with Crippen LogP contribution in [0.15, 0.2) is 0 Å². The summed E-state index contributed by atoms with van der Waals surface area (Å²) in [5, 5.41) is 3.55. The number of nitrogens with one attached hydrogen (secondary N) is 1. The van der Waals surface area contributed by atoms with Crippen molar-refractivity contribution in [2.75, 3.05) is 60.0 Å². The summed E-state index contributed by atoms with van der Waals surface area (Å²) in [7, 11) is 4.29. The summed E-state index contributed by atoms with van der Waals surface area (Å²) in [6.07, 6.45) is 1.10. The Hall–Kier alpha value is -0.160. The van der Waals surface area contributed by atoms with E-state index >= 15 is 0 Å². The number of ether oxygens (including phenoxy) is 1. The lowest BCUT2D eigenvalue weighted by Gasteiger charge is -2.31. The summed E-state index contributed by atoms with van der Waals surface area (Å²) in [6.45, 7) is 16.2. The van der Waals surface area contributed by atoms with Crippen molar-refractivity contribution in [2.45, 2.75) is 40.2 Å². The normalized spacial score (nSPS) is 13.7. The minimum absolute atomic E-state index is 0.587. The molecule has 0 saturated carbocycles. The summed E-state index contributed by atoms with van der Waals surface area (Å²) >= 11 is 0. The van der Waals surface area contributed by atoms with Crippen LogP contribution in [0.3, 0.4) is 0 Å². The molecule has 0 rings (SSSR count). The molecule has 0 radical (unpaired) electrons. The quantitative estimate of drug-likeness (QED) is 0.524. The highest BCUT2D eigenvalue weighted by molar-refractivity contribution is 4.72. The van der Waals surface area contributed by atoms with Crippen molar-refractivity contribution in [1.29, 1.82) is 0 Å². The Morgan fingerprint density at radius 1 is 1.10 bits per heavy atom. The van der Waals surface area contributed by atoms with E-state index in [1.807, 2.05) is 6.92 Å². The molecule has 122 valence electrons. The molecule has 0 aliphatic rings. The van der Waals surface area contributed by atoms with E-state index < -0.39 is 0 Å². The average Bonchev–Trinajstić information content (AvgIpc) is 2.37. The Morgan fingerprint density at radius 2 is 1.80 bits per heavy atom. The van der Waals surface area contributed by atoms with Gasteiger partial charge in [0, 0.05) is 45.4 Å². The third-order valence-electron chi connectivity index (χ3n) is 3.34.